The van der Waals surface area contributed by atoms with Gasteiger partial charge < -0.3 is 0 Å². The molecule has 2 aromatic rings. The maximum atomic E-state index is 13.5. The van der Waals surface area contributed by atoms with Gasteiger partial charge in [0, 0.05) is 13.1 Å². The number of carbonyl (C=O) groups is 2. The highest BCUT2D eigenvalue weighted by Gasteiger charge is 2.63. The standard InChI is InChI=1S/C21H21N3O2/c25-19-15-21(20(26)24(19)17-10-5-2-6-11-17)14-18(16-8-3-1-4-9-16)22-12-7-13-23(21)22/h1-6,8-11,18H,7,12-15H2/t18-,21+/m0/s1. The smallest absolute Gasteiger partial charge is 0.256 e. The quantitative estimate of drug-likeness (QED) is 0.784. The number of benzene rings is 2. The molecule has 0 aliphatic carbocycles. The van der Waals surface area contributed by atoms with Crippen molar-refractivity contribution in [2.75, 3.05) is 18.0 Å². The summed E-state index contributed by atoms with van der Waals surface area (Å²) in [4.78, 5) is 27.7. The summed E-state index contributed by atoms with van der Waals surface area (Å²) >= 11 is 0. The monoisotopic (exact) mass is 347 g/mol. The molecule has 3 fully saturated rings. The van der Waals surface area contributed by atoms with Gasteiger partial charge in [-0.2, -0.15) is 0 Å². The van der Waals surface area contributed by atoms with Gasteiger partial charge >= 0.3 is 0 Å². The van der Waals surface area contributed by atoms with Crippen molar-refractivity contribution < 1.29 is 9.59 Å². The molecule has 5 rings (SSSR count). The van der Waals surface area contributed by atoms with Crippen molar-refractivity contribution in [1.82, 2.24) is 10.0 Å². The molecule has 0 aromatic heterocycles. The molecule has 0 bridgehead atoms. The number of hydrogen-bond donors (Lipinski definition) is 0. The predicted octanol–water partition coefficient (Wildman–Crippen LogP) is 2.76. The Morgan fingerprint density at radius 2 is 1.58 bits per heavy atom. The van der Waals surface area contributed by atoms with Gasteiger partial charge in [-0.3, -0.25) is 9.59 Å². The summed E-state index contributed by atoms with van der Waals surface area (Å²) in [6.07, 6.45) is 1.96. The lowest BCUT2D eigenvalue weighted by molar-refractivity contribution is -0.131. The molecule has 0 saturated carbocycles. The molecule has 1 spiro atoms. The van der Waals surface area contributed by atoms with E-state index in [4.69, 9.17) is 0 Å². The number of rotatable bonds is 2. The molecule has 132 valence electrons. The lowest BCUT2D eigenvalue weighted by Crippen LogP contribution is -2.52. The number of hydrazine groups is 1. The van der Waals surface area contributed by atoms with Crippen LogP contribution in [0.5, 0.6) is 0 Å². The molecule has 3 aliphatic heterocycles. The Morgan fingerprint density at radius 3 is 2.31 bits per heavy atom. The molecule has 26 heavy (non-hydrogen) atoms. The number of para-hydroxylation sites is 1. The van der Waals surface area contributed by atoms with Crippen molar-refractivity contribution in [2.24, 2.45) is 0 Å². The first-order valence-electron chi connectivity index (χ1n) is 9.22. The van der Waals surface area contributed by atoms with Crippen molar-refractivity contribution in [1.29, 1.82) is 0 Å². The number of imide groups is 1. The molecule has 0 N–H and O–H groups in total. The summed E-state index contributed by atoms with van der Waals surface area (Å²) in [5.41, 5.74) is 1.16. The lowest BCUT2D eigenvalue weighted by Gasteiger charge is -2.32. The molecule has 5 nitrogen and oxygen atoms in total. The SMILES string of the molecule is O=C1C[C@]2(C[C@@H](c3ccccc3)N3CCCN32)C(=O)N1c1ccccc1. The lowest BCUT2D eigenvalue weighted by atomic mass is 9.88. The highest BCUT2D eigenvalue weighted by Crippen LogP contribution is 2.50. The van der Waals surface area contributed by atoms with Crippen LogP contribution in [-0.2, 0) is 9.59 Å². The molecular formula is C21H21N3O2. The fraction of sp³-hybridized carbons (Fsp3) is 0.333. The fourth-order valence-corrected chi connectivity index (χ4v) is 4.84. The Morgan fingerprint density at radius 1 is 0.885 bits per heavy atom. The van der Waals surface area contributed by atoms with E-state index in [1.807, 2.05) is 48.5 Å². The summed E-state index contributed by atoms with van der Waals surface area (Å²) in [5.74, 6) is -0.166. The van der Waals surface area contributed by atoms with Crippen LogP contribution in [0.1, 0.15) is 30.9 Å². The van der Waals surface area contributed by atoms with Crippen LogP contribution in [0.15, 0.2) is 60.7 Å². The normalized spacial score (nSPS) is 29.1. The second-order valence-corrected chi connectivity index (χ2v) is 7.35. The first-order chi connectivity index (χ1) is 12.7. The number of anilines is 1. The topological polar surface area (TPSA) is 43.9 Å². The number of hydrogen-bond acceptors (Lipinski definition) is 4. The minimum absolute atomic E-state index is 0.0703. The van der Waals surface area contributed by atoms with Crippen LogP contribution in [0, 0.1) is 0 Å². The van der Waals surface area contributed by atoms with Crippen molar-refractivity contribution in [3.63, 3.8) is 0 Å². The van der Waals surface area contributed by atoms with Crippen LogP contribution >= 0.6 is 0 Å². The third-order valence-electron chi connectivity index (χ3n) is 5.95. The largest absolute Gasteiger partial charge is 0.274 e. The van der Waals surface area contributed by atoms with E-state index in [2.05, 4.69) is 22.2 Å². The van der Waals surface area contributed by atoms with Crippen LogP contribution in [0.2, 0.25) is 0 Å². The first kappa shape index (κ1) is 15.7. The maximum Gasteiger partial charge on any atom is 0.256 e. The zero-order chi connectivity index (χ0) is 17.7. The molecular weight excluding hydrogens is 326 g/mol. The number of nitrogens with zero attached hydrogens (tertiary/aromatic N) is 3. The molecule has 3 aliphatic rings. The van der Waals surface area contributed by atoms with Gasteiger partial charge in [-0.15, -0.1) is 0 Å². The second-order valence-electron chi connectivity index (χ2n) is 7.35. The minimum Gasteiger partial charge on any atom is -0.274 e. The van der Waals surface area contributed by atoms with E-state index in [0.29, 0.717) is 12.1 Å². The highest BCUT2D eigenvalue weighted by atomic mass is 16.2. The van der Waals surface area contributed by atoms with Gasteiger partial charge in [-0.05, 0) is 30.5 Å². The van der Waals surface area contributed by atoms with Crippen LogP contribution in [0.3, 0.4) is 0 Å². The number of carbonyl (C=O) groups excluding carboxylic acids is 2. The van der Waals surface area contributed by atoms with Gasteiger partial charge in [0.15, 0.2) is 0 Å². The van der Waals surface area contributed by atoms with Gasteiger partial charge in [0.05, 0.1) is 18.2 Å². The maximum absolute atomic E-state index is 13.5. The summed E-state index contributed by atoms with van der Waals surface area (Å²) in [7, 11) is 0. The van der Waals surface area contributed by atoms with Gasteiger partial charge in [0.25, 0.3) is 5.91 Å². The van der Waals surface area contributed by atoms with Crippen molar-refractivity contribution in [3.05, 3.63) is 66.2 Å². The number of amides is 2. The number of fused-ring (bicyclic) bond motifs is 2. The summed E-state index contributed by atoms with van der Waals surface area (Å²) in [6, 6.07) is 19.8. The van der Waals surface area contributed by atoms with Crippen LogP contribution in [-0.4, -0.2) is 40.5 Å². The third-order valence-corrected chi connectivity index (χ3v) is 5.95. The molecule has 3 saturated heterocycles. The molecule has 2 aromatic carbocycles. The second kappa shape index (κ2) is 5.76. The minimum atomic E-state index is -0.732. The highest BCUT2D eigenvalue weighted by molar-refractivity contribution is 6.24. The zero-order valence-electron chi connectivity index (χ0n) is 14.5. The Bertz CT molecular complexity index is 854. The van der Waals surface area contributed by atoms with Crippen LogP contribution in [0.25, 0.3) is 0 Å². The molecule has 0 unspecified atom stereocenters. The average Bonchev–Trinajstić information content (AvgIpc) is 3.33. The van der Waals surface area contributed by atoms with Crippen LogP contribution < -0.4 is 4.90 Å². The van der Waals surface area contributed by atoms with Gasteiger partial charge in [0.1, 0.15) is 5.54 Å². The van der Waals surface area contributed by atoms with Crippen molar-refractivity contribution in [3.8, 4) is 0 Å². The first-order valence-corrected chi connectivity index (χ1v) is 9.22. The van der Waals surface area contributed by atoms with E-state index in [1.54, 1.807) is 0 Å². The average molecular weight is 347 g/mol. The zero-order valence-corrected chi connectivity index (χ0v) is 14.5. The summed E-state index contributed by atoms with van der Waals surface area (Å²) in [5, 5.41) is 4.50. The van der Waals surface area contributed by atoms with Gasteiger partial charge in [-0.25, -0.2) is 14.9 Å². The molecule has 3 heterocycles. The van der Waals surface area contributed by atoms with Crippen molar-refractivity contribution >= 4 is 17.5 Å². The van der Waals surface area contributed by atoms with E-state index >= 15 is 0 Å². The van der Waals surface area contributed by atoms with Crippen LogP contribution in [0.4, 0.5) is 5.69 Å². The Labute approximate surface area is 152 Å². The predicted molar refractivity (Wildman–Crippen MR) is 98.1 cm³/mol. The van der Waals surface area contributed by atoms with Gasteiger partial charge in [0.2, 0.25) is 5.91 Å². The Kier molecular flexibility index (Phi) is 3.48. The molecule has 2 atom stereocenters. The van der Waals surface area contributed by atoms with E-state index in [-0.39, 0.29) is 24.3 Å². The van der Waals surface area contributed by atoms with E-state index in [0.717, 1.165) is 19.5 Å². The Balaban J connectivity index is 1.55. The van der Waals surface area contributed by atoms with E-state index in [9.17, 15) is 9.59 Å². The summed E-state index contributed by atoms with van der Waals surface area (Å²) < 4.78 is 0. The van der Waals surface area contributed by atoms with Crippen molar-refractivity contribution in [2.45, 2.75) is 30.8 Å². The third kappa shape index (κ3) is 2.11. The molecule has 0 radical (unpaired) electrons. The molecule has 5 heteroatoms. The van der Waals surface area contributed by atoms with E-state index < -0.39 is 5.54 Å². The molecule has 2 amide bonds. The fourth-order valence-electron chi connectivity index (χ4n) is 4.84. The Hall–Kier alpha value is -2.50. The van der Waals surface area contributed by atoms with Gasteiger partial charge in [-0.1, -0.05) is 48.5 Å². The van der Waals surface area contributed by atoms with E-state index in [1.165, 1.54) is 10.5 Å². The summed E-state index contributed by atoms with van der Waals surface area (Å²) in [6.45, 7) is 1.78.